The smallest absolute Gasteiger partial charge is 0.239 e. The van der Waals surface area contributed by atoms with E-state index < -0.39 is 0 Å². The van der Waals surface area contributed by atoms with Crippen molar-refractivity contribution in [3.63, 3.8) is 0 Å². The number of hydrogen-bond acceptors (Lipinski definition) is 4. The topological polar surface area (TPSA) is 38.8 Å². The highest BCUT2D eigenvalue weighted by molar-refractivity contribution is 5.82. The highest BCUT2D eigenvalue weighted by Gasteiger charge is 2.27. The van der Waals surface area contributed by atoms with Gasteiger partial charge in [0.1, 0.15) is 0 Å². The molecule has 5 heteroatoms. The molecule has 0 aromatic carbocycles. The fourth-order valence-electron chi connectivity index (χ4n) is 2.82. The van der Waals surface area contributed by atoms with Crippen LogP contribution in [0.4, 0.5) is 0 Å². The molecule has 0 aromatic rings. The van der Waals surface area contributed by atoms with Gasteiger partial charge in [0.05, 0.1) is 6.04 Å². The third-order valence-corrected chi connectivity index (χ3v) is 4.16. The Kier molecular flexibility index (Phi) is 5.60. The second kappa shape index (κ2) is 7.22. The van der Waals surface area contributed by atoms with Crippen molar-refractivity contribution in [2.75, 3.05) is 59.9 Å². The molecule has 0 unspecified atom stereocenters. The summed E-state index contributed by atoms with van der Waals surface area (Å²) in [7, 11) is 4.21. The number of nitrogens with zero attached hydrogens (tertiary/aromatic N) is 3. The highest BCUT2D eigenvalue weighted by Crippen LogP contribution is 2.11. The third kappa shape index (κ3) is 4.44. The fraction of sp³-hybridized carbons (Fsp3) is 0.929. The van der Waals surface area contributed by atoms with E-state index in [9.17, 15) is 4.79 Å². The molecule has 2 rings (SSSR count). The summed E-state index contributed by atoms with van der Waals surface area (Å²) in [4.78, 5) is 19.1. The van der Waals surface area contributed by atoms with Gasteiger partial charge in [-0.25, -0.2) is 0 Å². The molecular formula is C14H28N4O. The van der Waals surface area contributed by atoms with Gasteiger partial charge in [-0.3, -0.25) is 9.69 Å². The van der Waals surface area contributed by atoms with Gasteiger partial charge in [0.25, 0.3) is 0 Å². The van der Waals surface area contributed by atoms with Crippen LogP contribution < -0.4 is 5.32 Å². The van der Waals surface area contributed by atoms with E-state index in [1.165, 1.54) is 12.8 Å². The van der Waals surface area contributed by atoms with Crippen molar-refractivity contribution in [3.8, 4) is 0 Å². The van der Waals surface area contributed by atoms with Crippen LogP contribution >= 0.6 is 0 Å². The molecular weight excluding hydrogens is 240 g/mol. The molecule has 0 aliphatic carbocycles. The lowest BCUT2D eigenvalue weighted by molar-refractivity contribution is -0.135. The molecule has 0 radical (unpaired) electrons. The van der Waals surface area contributed by atoms with Gasteiger partial charge in [-0.05, 0) is 33.5 Å². The number of nitrogens with one attached hydrogen (secondary N) is 1. The van der Waals surface area contributed by atoms with Gasteiger partial charge in [-0.1, -0.05) is 6.42 Å². The molecule has 19 heavy (non-hydrogen) atoms. The maximum atomic E-state index is 12.4. The van der Waals surface area contributed by atoms with Gasteiger partial charge in [0, 0.05) is 39.3 Å². The molecule has 110 valence electrons. The number of piperazine rings is 1. The highest BCUT2D eigenvalue weighted by atomic mass is 16.2. The van der Waals surface area contributed by atoms with Gasteiger partial charge in [0.15, 0.2) is 0 Å². The number of hydrogen-bond donors (Lipinski definition) is 1. The van der Waals surface area contributed by atoms with E-state index in [0.29, 0.717) is 5.91 Å². The number of carbonyl (C=O) groups is 1. The number of carbonyl (C=O) groups excluding carboxylic acids is 1. The minimum Gasteiger partial charge on any atom is -0.339 e. The lowest BCUT2D eigenvalue weighted by Gasteiger charge is -2.37. The SMILES string of the molecule is CN(C)CCN1CCN(C(=O)[C@@H]2CCCCN2)CC1. The lowest BCUT2D eigenvalue weighted by atomic mass is 10.0. The summed E-state index contributed by atoms with van der Waals surface area (Å²) in [6.45, 7) is 7.03. The Hall–Kier alpha value is -0.650. The Labute approximate surface area is 116 Å². The number of piperidine rings is 1. The van der Waals surface area contributed by atoms with E-state index in [1.807, 2.05) is 0 Å². The van der Waals surface area contributed by atoms with E-state index >= 15 is 0 Å². The van der Waals surface area contributed by atoms with Crippen molar-refractivity contribution in [2.24, 2.45) is 0 Å². The molecule has 2 aliphatic rings. The first kappa shape index (κ1) is 14.8. The van der Waals surface area contributed by atoms with E-state index in [1.54, 1.807) is 0 Å². The Morgan fingerprint density at radius 1 is 1.21 bits per heavy atom. The van der Waals surface area contributed by atoms with E-state index in [-0.39, 0.29) is 6.04 Å². The summed E-state index contributed by atoms with van der Waals surface area (Å²) in [5, 5.41) is 3.36. The predicted octanol–water partition coefficient (Wildman–Crippen LogP) is -0.166. The van der Waals surface area contributed by atoms with Crippen molar-refractivity contribution in [2.45, 2.75) is 25.3 Å². The van der Waals surface area contributed by atoms with E-state index in [2.05, 4.69) is 34.1 Å². The first-order chi connectivity index (χ1) is 9.16. The van der Waals surface area contributed by atoms with Crippen LogP contribution in [0.1, 0.15) is 19.3 Å². The summed E-state index contributed by atoms with van der Waals surface area (Å²) >= 11 is 0. The van der Waals surface area contributed by atoms with Crippen LogP contribution in [0.5, 0.6) is 0 Å². The van der Waals surface area contributed by atoms with Gasteiger partial charge in [-0.2, -0.15) is 0 Å². The molecule has 0 spiro atoms. The molecule has 0 saturated carbocycles. The molecule has 2 heterocycles. The summed E-state index contributed by atoms with van der Waals surface area (Å²) < 4.78 is 0. The van der Waals surface area contributed by atoms with Gasteiger partial charge in [-0.15, -0.1) is 0 Å². The molecule has 1 atom stereocenters. The second-order valence-electron chi connectivity index (χ2n) is 5.97. The predicted molar refractivity (Wildman–Crippen MR) is 77.2 cm³/mol. The van der Waals surface area contributed by atoms with Crippen molar-refractivity contribution >= 4 is 5.91 Å². The van der Waals surface area contributed by atoms with Crippen LogP contribution in [0.2, 0.25) is 0 Å². The zero-order valence-corrected chi connectivity index (χ0v) is 12.4. The minimum atomic E-state index is 0.0853. The summed E-state index contributed by atoms with van der Waals surface area (Å²) in [6.07, 6.45) is 3.41. The summed E-state index contributed by atoms with van der Waals surface area (Å²) in [5.41, 5.74) is 0. The van der Waals surface area contributed by atoms with Crippen LogP contribution in [0, 0.1) is 0 Å². The standard InChI is InChI=1S/C14H28N4O/c1-16(2)7-8-17-9-11-18(12-10-17)14(19)13-5-3-4-6-15-13/h13,15H,3-12H2,1-2H3/t13-/m0/s1. The molecule has 2 fully saturated rings. The van der Waals surface area contributed by atoms with Gasteiger partial charge >= 0.3 is 0 Å². The average Bonchev–Trinajstić information content (AvgIpc) is 2.46. The number of amides is 1. The Balaban J connectivity index is 1.71. The zero-order valence-electron chi connectivity index (χ0n) is 12.4. The van der Waals surface area contributed by atoms with Crippen molar-refractivity contribution in [1.29, 1.82) is 0 Å². The molecule has 2 saturated heterocycles. The van der Waals surface area contributed by atoms with Crippen molar-refractivity contribution in [3.05, 3.63) is 0 Å². The van der Waals surface area contributed by atoms with E-state index in [0.717, 1.165) is 52.2 Å². The minimum absolute atomic E-state index is 0.0853. The van der Waals surface area contributed by atoms with E-state index in [4.69, 9.17) is 0 Å². The van der Waals surface area contributed by atoms with Gasteiger partial charge < -0.3 is 15.1 Å². The van der Waals surface area contributed by atoms with Crippen LogP contribution in [0.25, 0.3) is 0 Å². The molecule has 0 aromatic heterocycles. The maximum absolute atomic E-state index is 12.4. The normalized spacial score (nSPS) is 25.8. The van der Waals surface area contributed by atoms with Crippen LogP contribution in [0.3, 0.4) is 0 Å². The molecule has 1 amide bonds. The van der Waals surface area contributed by atoms with Crippen LogP contribution in [-0.4, -0.2) is 86.6 Å². The Morgan fingerprint density at radius 2 is 1.95 bits per heavy atom. The third-order valence-electron chi connectivity index (χ3n) is 4.16. The lowest BCUT2D eigenvalue weighted by Crippen LogP contribution is -2.55. The fourth-order valence-corrected chi connectivity index (χ4v) is 2.82. The van der Waals surface area contributed by atoms with Crippen molar-refractivity contribution in [1.82, 2.24) is 20.0 Å². The first-order valence-electron chi connectivity index (χ1n) is 7.56. The monoisotopic (exact) mass is 268 g/mol. The summed E-state index contributed by atoms with van der Waals surface area (Å²) in [6, 6.07) is 0.0853. The molecule has 2 aliphatic heterocycles. The van der Waals surface area contributed by atoms with Crippen LogP contribution in [-0.2, 0) is 4.79 Å². The molecule has 0 bridgehead atoms. The first-order valence-corrected chi connectivity index (χ1v) is 7.56. The number of rotatable bonds is 4. The molecule has 1 N–H and O–H groups in total. The van der Waals surface area contributed by atoms with Gasteiger partial charge in [0.2, 0.25) is 5.91 Å². The second-order valence-corrected chi connectivity index (χ2v) is 5.97. The summed E-state index contributed by atoms with van der Waals surface area (Å²) in [5.74, 6) is 0.326. The Morgan fingerprint density at radius 3 is 2.53 bits per heavy atom. The average molecular weight is 268 g/mol. The molecule has 5 nitrogen and oxygen atoms in total. The largest absolute Gasteiger partial charge is 0.339 e. The Bertz CT molecular complexity index is 281. The number of likely N-dealkylation sites (N-methyl/N-ethyl adjacent to an activating group) is 1. The quantitative estimate of drug-likeness (QED) is 0.769. The zero-order chi connectivity index (χ0) is 13.7. The van der Waals surface area contributed by atoms with Crippen LogP contribution in [0.15, 0.2) is 0 Å². The maximum Gasteiger partial charge on any atom is 0.239 e. The van der Waals surface area contributed by atoms with Crippen molar-refractivity contribution < 1.29 is 4.79 Å².